The van der Waals surface area contributed by atoms with Crippen molar-refractivity contribution < 1.29 is 0 Å². The first-order chi connectivity index (χ1) is 41.8. The quantitative estimate of drug-likeness (QED) is 0.162. The van der Waals surface area contributed by atoms with Crippen molar-refractivity contribution in [3.8, 4) is 27.9 Å². The molecule has 10 fully saturated rings. The Labute approximate surface area is 497 Å². The standard InChI is InChI=1S/C80H68BN3O/c85-76-60-34-58-50-26-42-19-43(27-50)29-51(28-42)59(58)35-71(60)83-70-18-17-65-75-72(70)81(84(76)83)69-33-53(78-39-47-23-48(40-78)25-49(24-47)41-78)32-68-74(69)82(75)73-66(79(65)61-13-5-1-9-54(61)55-10-2-6-14-62(55)79)30-52(77-36-44-20-45(37-77)22-46(21-44)38-77)31-67(73)80(68)63-15-7-3-11-56(63)57-12-4-8-16-64(57)80/h1-18,30-35,42-51H,19-29,36-41H2. The summed E-state index contributed by atoms with van der Waals surface area (Å²) in [5.74, 6) is 7.64. The van der Waals surface area contributed by atoms with Gasteiger partial charge < -0.3 is 4.90 Å². The fourth-order valence-electron chi connectivity index (χ4n) is 26.5. The molecular weight excluding hydrogens is 1030 g/mol. The fraction of sp³-hybridized carbons (Fsp3) is 0.388. The van der Waals surface area contributed by atoms with Crippen LogP contribution in [0.3, 0.4) is 0 Å². The van der Waals surface area contributed by atoms with Gasteiger partial charge in [0.1, 0.15) is 0 Å². The second kappa shape index (κ2) is 14.5. The van der Waals surface area contributed by atoms with E-state index in [1.807, 2.05) is 0 Å². The largest absolute Gasteiger partial charge is 0.357 e. The molecule has 1 aromatic heterocycles. The van der Waals surface area contributed by atoms with Crippen molar-refractivity contribution in [3.05, 3.63) is 223 Å². The molecule has 2 unspecified atom stereocenters. The summed E-state index contributed by atoms with van der Waals surface area (Å²) in [7, 11) is 0. The molecule has 0 N–H and O–H groups in total. The molecule has 412 valence electrons. The van der Waals surface area contributed by atoms with Gasteiger partial charge in [-0.05, 0) is 292 Å². The Kier molecular flexibility index (Phi) is 7.71. The van der Waals surface area contributed by atoms with Crippen LogP contribution in [0.25, 0.3) is 38.8 Å². The third-order valence-corrected chi connectivity index (χ3v) is 28.1. The van der Waals surface area contributed by atoms with Crippen LogP contribution in [0.2, 0.25) is 0 Å². The number of rotatable bonds is 2. The third-order valence-electron chi connectivity index (χ3n) is 28.1. The zero-order valence-electron chi connectivity index (χ0n) is 48.5. The molecule has 27 rings (SSSR count). The highest BCUT2D eigenvalue weighted by Gasteiger charge is 2.65. The lowest BCUT2D eigenvalue weighted by molar-refractivity contribution is -0.00530. The second-order valence-corrected chi connectivity index (χ2v) is 31.9. The Hall–Kier alpha value is -7.11. The van der Waals surface area contributed by atoms with Crippen molar-refractivity contribution in [1.29, 1.82) is 0 Å². The minimum Gasteiger partial charge on any atom is -0.310 e. The van der Waals surface area contributed by atoms with Crippen molar-refractivity contribution in [2.24, 2.45) is 47.3 Å². The molecule has 8 aromatic carbocycles. The summed E-state index contributed by atoms with van der Waals surface area (Å²) in [6.07, 6.45) is 23.0. The third kappa shape index (κ3) is 4.93. The van der Waals surface area contributed by atoms with Crippen molar-refractivity contribution >= 4 is 45.7 Å². The summed E-state index contributed by atoms with van der Waals surface area (Å²) in [6.45, 7) is -0.294. The van der Waals surface area contributed by atoms with Crippen LogP contribution in [0, 0.1) is 47.3 Å². The van der Waals surface area contributed by atoms with Crippen LogP contribution in [-0.2, 0) is 21.7 Å². The van der Waals surface area contributed by atoms with E-state index in [9.17, 15) is 0 Å². The van der Waals surface area contributed by atoms with Gasteiger partial charge in [-0.2, -0.15) is 0 Å². The Morgan fingerprint density at radius 1 is 0.388 bits per heavy atom. The van der Waals surface area contributed by atoms with Gasteiger partial charge in [0.05, 0.1) is 38.8 Å². The molecule has 10 saturated carbocycles. The molecule has 4 aliphatic heterocycles. The van der Waals surface area contributed by atoms with Crippen LogP contribution in [0.15, 0.2) is 150 Å². The monoisotopic (exact) mass is 1100 g/mol. The van der Waals surface area contributed by atoms with Gasteiger partial charge in [0, 0.05) is 11.2 Å². The Balaban J connectivity index is 0.898. The van der Waals surface area contributed by atoms with Gasteiger partial charge in [0.15, 0.2) is 0 Å². The van der Waals surface area contributed by atoms with Crippen molar-refractivity contribution in [3.63, 3.8) is 0 Å². The molecule has 85 heavy (non-hydrogen) atoms. The molecule has 18 aliphatic rings. The Bertz CT molecular complexity index is 4600. The van der Waals surface area contributed by atoms with E-state index in [4.69, 9.17) is 0 Å². The first-order valence-corrected chi connectivity index (χ1v) is 33.9. The van der Waals surface area contributed by atoms with E-state index in [-0.39, 0.29) is 23.2 Å². The summed E-state index contributed by atoms with van der Waals surface area (Å²) >= 11 is 0. The summed E-state index contributed by atoms with van der Waals surface area (Å²) in [5.41, 5.74) is 31.7. The number of nitrogens with zero attached hydrogens (tertiary/aromatic N) is 3. The highest BCUT2D eigenvalue weighted by molar-refractivity contribution is 6.89. The van der Waals surface area contributed by atoms with Gasteiger partial charge in [-0.15, -0.1) is 0 Å². The summed E-state index contributed by atoms with van der Waals surface area (Å²) < 4.78 is 4.87. The molecule has 12 bridgehead atoms. The van der Waals surface area contributed by atoms with Crippen molar-refractivity contribution in [2.75, 3.05) is 4.90 Å². The van der Waals surface area contributed by atoms with Gasteiger partial charge in [-0.3, -0.25) is 14.1 Å². The molecule has 9 aromatic rings. The van der Waals surface area contributed by atoms with Crippen LogP contribution >= 0.6 is 0 Å². The average Bonchev–Trinajstić information content (AvgIpc) is 1.60. The Morgan fingerprint density at radius 2 is 0.812 bits per heavy atom. The number of fused-ring (bicyclic) bond motifs is 20. The molecule has 5 heterocycles. The van der Waals surface area contributed by atoms with E-state index in [0.29, 0.717) is 11.8 Å². The summed E-state index contributed by atoms with van der Waals surface area (Å²) in [6, 6.07) is 60.4. The predicted octanol–water partition coefficient (Wildman–Crippen LogP) is 16.2. The van der Waals surface area contributed by atoms with Crippen LogP contribution in [0.5, 0.6) is 0 Å². The van der Waals surface area contributed by atoms with E-state index < -0.39 is 10.8 Å². The number of hydrogen-bond acceptors (Lipinski definition) is 2. The Morgan fingerprint density at radius 3 is 1.31 bits per heavy atom. The maximum atomic E-state index is 16.7. The second-order valence-electron chi connectivity index (χ2n) is 31.9. The average molecular weight is 1100 g/mol. The van der Waals surface area contributed by atoms with E-state index in [1.165, 1.54) is 215 Å². The zero-order valence-corrected chi connectivity index (χ0v) is 48.5. The maximum absolute atomic E-state index is 16.7. The molecule has 0 saturated heterocycles. The number of anilines is 3. The molecular formula is C80H68BN3O. The minimum atomic E-state index is -0.619. The van der Waals surface area contributed by atoms with Gasteiger partial charge in [0.25, 0.3) is 5.56 Å². The number of hydrogen-bond donors (Lipinski definition) is 0. The van der Waals surface area contributed by atoms with E-state index in [0.717, 1.165) is 58.2 Å². The predicted molar refractivity (Wildman–Crippen MR) is 340 cm³/mol. The lowest BCUT2D eigenvalue weighted by atomic mass is 9.43. The lowest BCUT2D eigenvalue weighted by Gasteiger charge is -2.59. The first kappa shape index (κ1) is 45.2. The van der Waals surface area contributed by atoms with Crippen LogP contribution in [0.1, 0.15) is 188 Å². The first-order valence-electron chi connectivity index (χ1n) is 33.9. The number of aromatic nitrogens is 2. The van der Waals surface area contributed by atoms with Crippen molar-refractivity contribution in [2.45, 2.75) is 143 Å². The van der Waals surface area contributed by atoms with Crippen LogP contribution < -0.4 is 21.4 Å². The highest BCUT2D eigenvalue weighted by atomic mass is 16.1. The molecule has 5 heteroatoms. The molecule has 4 nitrogen and oxygen atoms in total. The maximum Gasteiger partial charge on any atom is 0.357 e. The molecule has 2 atom stereocenters. The molecule has 2 spiro atoms. The molecule has 0 amide bonds. The topological polar surface area (TPSA) is 30.2 Å². The molecule has 14 aliphatic carbocycles. The fourth-order valence-corrected chi connectivity index (χ4v) is 26.5. The van der Waals surface area contributed by atoms with Gasteiger partial charge in [-0.25, -0.2) is 0 Å². The van der Waals surface area contributed by atoms with E-state index in [2.05, 4.69) is 160 Å². The van der Waals surface area contributed by atoms with Gasteiger partial charge in [0.2, 0.25) is 0 Å². The van der Waals surface area contributed by atoms with E-state index >= 15 is 4.79 Å². The smallest absolute Gasteiger partial charge is 0.310 e. The lowest BCUT2D eigenvalue weighted by Crippen LogP contribution is -2.60. The van der Waals surface area contributed by atoms with E-state index in [1.54, 1.807) is 16.7 Å². The molecule has 0 radical (unpaired) electrons. The zero-order chi connectivity index (χ0) is 54.5. The van der Waals surface area contributed by atoms with Gasteiger partial charge >= 0.3 is 6.85 Å². The highest BCUT2D eigenvalue weighted by Crippen LogP contribution is 2.73. The SMILES string of the molecule is O=c1c2cc3c(cc2n2n1B1c4cc(C56CC7CC(CC(C7)C5)C6)cc5c4N4c6c(cc(C78CC9CC(CC(C9)C7)C8)cc6C6(c7ccccc7-c7ccccc76)c6ccc-2c1c64)C51c2ccccc2-c2ccccc21)C1CC2CC(CC3C2)C1. The minimum absolute atomic E-state index is 0.117. The van der Waals surface area contributed by atoms with Crippen LogP contribution in [0.4, 0.5) is 17.1 Å². The van der Waals surface area contributed by atoms with Gasteiger partial charge in [-0.1, -0.05) is 127 Å². The summed E-state index contributed by atoms with van der Waals surface area (Å²) in [4.78, 5) is 19.6. The van der Waals surface area contributed by atoms with Crippen LogP contribution in [-0.4, -0.2) is 16.1 Å². The van der Waals surface area contributed by atoms with Crippen molar-refractivity contribution in [1.82, 2.24) is 9.27 Å². The normalized spacial score (nSPS) is 33.1. The number of benzene rings is 8. The summed E-state index contributed by atoms with van der Waals surface area (Å²) in [5, 5.41) is 0.937.